The smallest absolute Gasteiger partial charge is 0.117 e. The van der Waals surface area contributed by atoms with E-state index in [0.29, 0.717) is 5.69 Å². The summed E-state index contributed by atoms with van der Waals surface area (Å²) in [7, 11) is 0. The van der Waals surface area contributed by atoms with Gasteiger partial charge < -0.3 is 15.4 Å². The molecule has 4 heteroatoms. The summed E-state index contributed by atoms with van der Waals surface area (Å²) in [6.45, 7) is 0. The maximum absolute atomic E-state index is 9.25. The van der Waals surface area contributed by atoms with Crippen molar-refractivity contribution in [2.45, 2.75) is 0 Å². The second kappa shape index (κ2) is 2.82. The van der Waals surface area contributed by atoms with Crippen LogP contribution in [-0.2, 0) is 0 Å². The van der Waals surface area contributed by atoms with Crippen LogP contribution in [0.5, 0.6) is 5.75 Å². The average molecular weight is 175 g/mol. The van der Waals surface area contributed by atoms with Gasteiger partial charge in [0.1, 0.15) is 5.75 Å². The van der Waals surface area contributed by atoms with Crippen molar-refractivity contribution >= 4 is 5.69 Å². The van der Waals surface area contributed by atoms with Gasteiger partial charge in [-0.2, -0.15) is 0 Å². The van der Waals surface area contributed by atoms with E-state index >= 15 is 0 Å². The SMILES string of the molecule is Nc1ccc(O)cc1-n1ccnc1. The van der Waals surface area contributed by atoms with E-state index in [4.69, 9.17) is 5.73 Å². The number of rotatable bonds is 1. The molecule has 1 aromatic heterocycles. The van der Waals surface area contributed by atoms with E-state index in [2.05, 4.69) is 4.98 Å². The normalized spacial score (nSPS) is 10.2. The molecule has 0 radical (unpaired) electrons. The fraction of sp³-hybridized carbons (Fsp3) is 0. The fourth-order valence-corrected chi connectivity index (χ4v) is 1.16. The summed E-state index contributed by atoms with van der Waals surface area (Å²) in [4.78, 5) is 3.90. The second-order valence-corrected chi connectivity index (χ2v) is 2.71. The minimum Gasteiger partial charge on any atom is -0.508 e. The molecule has 0 saturated carbocycles. The van der Waals surface area contributed by atoms with Crippen LogP contribution in [0.4, 0.5) is 5.69 Å². The van der Waals surface area contributed by atoms with Gasteiger partial charge in [0, 0.05) is 18.5 Å². The number of aromatic hydroxyl groups is 1. The monoisotopic (exact) mass is 175 g/mol. The minimum absolute atomic E-state index is 0.193. The minimum atomic E-state index is 0.193. The van der Waals surface area contributed by atoms with Gasteiger partial charge >= 0.3 is 0 Å². The number of nitrogens with zero attached hydrogens (tertiary/aromatic N) is 2. The Morgan fingerprint density at radius 3 is 2.92 bits per heavy atom. The number of benzene rings is 1. The van der Waals surface area contributed by atoms with Crippen molar-refractivity contribution in [3.05, 3.63) is 36.9 Å². The van der Waals surface area contributed by atoms with E-state index in [1.807, 2.05) is 0 Å². The molecule has 0 aliphatic rings. The van der Waals surface area contributed by atoms with Gasteiger partial charge in [0.15, 0.2) is 0 Å². The molecule has 4 nitrogen and oxygen atoms in total. The molecule has 3 N–H and O–H groups in total. The van der Waals surface area contributed by atoms with E-state index in [1.165, 1.54) is 0 Å². The number of phenols is 1. The van der Waals surface area contributed by atoms with Crippen molar-refractivity contribution in [3.63, 3.8) is 0 Å². The molecule has 2 rings (SSSR count). The van der Waals surface area contributed by atoms with Crippen LogP contribution in [-0.4, -0.2) is 14.7 Å². The molecular weight excluding hydrogens is 166 g/mol. The summed E-state index contributed by atoms with van der Waals surface area (Å²) in [5, 5.41) is 9.25. The Balaban J connectivity index is 2.57. The molecule has 13 heavy (non-hydrogen) atoms. The molecule has 0 amide bonds. The molecule has 0 aliphatic carbocycles. The van der Waals surface area contributed by atoms with Crippen LogP contribution >= 0.6 is 0 Å². The summed E-state index contributed by atoms with van der Waals surface area (Å²) in [5.41, 5.74) is 7.06. The largest absolute Gasteiger partial charge is 0.508 e. The van der Waals surface area contributed by atoms with Crippen LogP contribution in [0.2, 0.25) is 0 Å². The molecular formula is C9H9N3O. The van der Waals surface area contributed by atoms with Crippen LogP contribution in [0.25, 0.3) is 5.69 Å². The molecule has 0 atom stereocenters. The molecule has 0 spiro atoms. The molecule has 1 aromatic carbocycles. The molecule has 0 bridgehead atoms. The number of hydrogen-bond acceptors (Lipinski definition) is 3. The Kier molecular flexibility index (Phi) is 1.66. The zero-order chi connectivity index (χ0) is 9.26. The predicted octanol–water partition coefficient (Wildman–Crippen LogP) is 1.16. The van der Waals surface area contributed by atoms with Crippen LogP contribution in [0, 0.1) is 0 Å². The van der Waals surface area contributed by atoms with Gasteiger partial charge in [0.2, 0.25) is 0 Å². The van der Waals surface area contributed by atoms with Gasteiger partial charge in [0.25, 0.3) is 0 Å². The van der Waals surface area contributed by atoms with E-state index in [-0.39, 0.29) is 5.75 Å². The van der Waals surface area contributed by atoms with Crippen molar-refractivity contribution in [2.75, 3.05) is 5.73 Å². The topological polar surface area (TPSA) is 64.1 Å². The Morgan fingerprint density at radius 2 is 2.23 bits per heavy atom. The number of anilines is 1. The number of hydrogen-bond donors (Lipinski definition) is 2. The van der Waals surface area contributed by atoms with Gasteiger partial charge in [-0.05, 0) is 12.1 Å². The van der Waals surface area contributed by atoms with E-state index < -0.39 is 0 Å². The van der Waals surface area contributed by atoms with Crippen molar-refractivity contribution in [2.24, 2.45) is 0 Å². The molecule has 0 aliphatic heterocycles. The zero-order valence-electron chi connectivity index (χ0n) is 6.88. The third kappa shape index (κ3) is 1.33. The summed E-state index contributed by atoms with van der Waals surface area (Å²) >= 11 is 0. The summed E-state index contributed by atoms with van der Waals surface area (Å²) < 4.78 is 1.75. The third-order valence-electron chi connectivity index (χ3n) is 1.80. The molecule has 0 saturated heterocycles. The first-order valence-electron chi connectivity index (χ1n) is 3.84. The van der Waals surface area contributed by atoms with Crippen LogP contribution < -0.4 is 5.73 Å². The second-order valence-electron chi connectivity index (χ2n) is 2.71. The standard InChI is InChI=1S/C9H9N3O/c10-8-2-1-7(13)5-9(8)12-4-3-11-6-12/h1-6,13H,10H2. The van der Waals surface area contributed by atoms with Crippen LogP contribution in [0.15, 0.2) is 36.9 Å². The van der Waals surface area contributed by atoms with Crippen molar-refractivity contribution in [1.82, 2.24) is 9.55 Å². The van der Waals surface area contributed by atoms with Gasteiger partial charge in [-0.3, -0.25) is 0 Å². The Bertz CT molecular complexity index is 409. The number of nitrogens with two attached hydrogens (primary N) is 1. The van der Waals surface area contributed by atoms with E-state index in [9.17, 15) is 5.11 Å². The Hall–Kier alpha value is -1.97. The quantitative estimate of drug-likeness (QED) is 0.505. The van der Waals surface area contributed by atoms with Crippen LogP contribution in [0.3, 0.4) is 0 Å². The maximum atomic E-state index is 9.25. The molecule has 0 unspecified atom stereocenters. The molecule has 66 valence electrons. The van der Waals surface area contributed by atoms with Crippen LogP contribution in [0.1, 0.15) is 0 Å². The average Bonchev–Trinajstić information content (AvgIpc) is 2.61. The lowest BCUT2D eigenvalue weighted by atomic mass is 10.2. The Morgan fingerprint density at radius 1 is 1.38 bits per heavy atom. The highest BCUT2D eigenvalue weighted by Crippen LogP contribution is 2.21. The van der Waals surface area contributed by atoms with Gasteiger partial charge in [-0.1, -0.05) is 0 Å². The number of aromatic nitrogens is 2. The van der Waals surface area contributed by atoms with Crippen molar-refractivity contribution < 1.29 is 5.11 Å². The highest BCUT2D eigenvalue weighted by molar-refractivity contribution is 5.60. The first-order chi connectivity index (χ1) is 6.27. The highest BCUT2D eigenvalue weighted by atomic mass is 16.3. The highest BCUT2D eigenvalue weighted by Gasteiger charge is 2.01. The summed E-state index contributed by atoms with van der Waals surface area (Å²) in [6.07, 6.45) is 5.06. The fourth-order valence-electron chi connectivity index (χ4n) is 1.16. The van der Waals surface area contributed by atoms with E-state index in [1.54, 1.807) is 41.5 Å². The third-order valence-corrected chi connectivity index (χ3v) is 1.80. The molecule has 1 heterocycles. The molecule has 0 fully saturated rings. The lowest BCUT2D eigenvalue weighted by molar-refractivity contribution is 0.475. The number of phenolic OH excluding ortho intramolecular Hbond substituents is 1. The Labute approximate surface area is 75.3 Å². The van der Waals surface area contributed by atoms with Crippen molar-refractivity contribution in [3.8, 4) is 11.4 Å². The summed E-state index contributed by atoms with van der Waals surface area (Å²) in [6, 6.07) is 4.80. The number of imidazole rings is 1. The predicted molar refractivity (Wildman–Crippen MR) is 49.6 cm³/mol. The first-order valence-corrected chi connectivity index (χ1v) is 3.84. The zero-order valence-corrected chi connectivity index (χ0v) is 6.88. The van der Waals surface area contributed by atoms with Gasteiger partial charge in [-0.15, -0.1) is 0 Å². The summed E-state index contributed by atoms with van der Waals surface area (Å²) in [5.74, 6) is 0.193. The van der Waals surface area contributed by atoms with Gasteiger partial charge in [-0.25, -0.2) is 4.98 Å². The lowest BCUT2D eigenvalue weighted by Gasteiger charge is -2.05. The maximum Gasteiger partial charge on any atom is 0.117 e. The van der Waals surface area contributed by atoms with Crippen molar-refractivity contribution in [1.29, 1.82) is 0 Å². The molecule has 2 aromatic rings. The van der Waals surface area contributed by atoms with E-state index in [0.717, 1.165) is 5.69 Å². The lowest BCUT2D eigenvalue weighted by Crippen LogP contribution is -1.96. The number of nitrogen functional groups attached to an aromatic ring is 1. The van der Waals surface area contributed by atoms with Gasteiger partial charge in [0.05, 0.1) is 17.7 Å². The first kappa shape index (κ1) is 7.67.